The zero-order chi connectivity index (χ0) is 11.2. The first-order valence-electron chi connectivity index (χ1n) is 5.18. The second kappa shape index (κ2) is 6.99. The third-order valence-corrected chi connectivity index (χ3v) is 2.32. The van der Waals surface area contributed by atoms with E-state index in [0.29, 0.717) is 0 Å². The van der Waals surface area contributed by atoms with Gasteiger partial charge in [-0.1, -0.05) is 12.1 Å². The molecule has 1 heterocycles. The number of halogens is 2. The minimum atomic E-state index is -0.196. The van der Waals surface area contributed by atoms with Crippen molar-refractivity contribution in [3.63, 3.8) is 0 Å². The van der Waals surface area contributed by atoms with E-state index >= 15 is 0 Å². The summed E-state index contributed by atoms with van der Waals surface area (Å²) in [5.74, 6) is -0.196. The van der Waals surface area contributed by atoms with Gasteiger partial charge in [0.25, 0.3) is 0 Å². The van der Waals surface area contributed by atoms with E-state index in [2.05, 4.69) is 10.3 Å². The molecule has 2 rings (SSSR count). The maximum Gasteiger partial charge on any atom is 0.123 e. The quantitative estimate of drug-likeness (QED) is 0.905. The molecule has 90 valence electrons. The van der Waals surface area contributed by atoms with Crippen LogP contribution in [-0.4, -0.2) is 4.98 Å². The van der Waals surface area contributed by atoms with Gasteiger partial charge in [-0.05, 0) is 35.4 Å². The van der Waals surface area contributed by atoms with E-state index in [1.54, 1.807) is 24.5 Å². The highest BCUT2D eigenvalue weighted by atomic mass is 35.5. The summed E-state index contributed by atoms with van der Waals surface area (Å²) in [6.07, 6.45) is 3.55. The molecule has 0 unspecified atom stereocenters. The number of nitrogens with zero attached hydrogens (tertiary/aromatic N) is 1. The number of rotatable bonds is 4. The standard InChI is InChI=1S/C13H13FN2.ClH/c14-13-3-1-11(2-4-13)9-16-10-12-5-7-15-8-6-12;/h1-8,16H,9-10H2;1H. The molecule has 0 saturated carbocycles. The van der Waals surface area contributed by atoms with Gasteiger partial charge in [0.15, 0.2) is 0 Å². The summed E-state index contributed by atoms with van der Waals surface area (Å²) >= 11 is 0. The molecular formula is C13H14ClFN2. The maximum absolute atomic E-state index is 12.6. The van der Waals surface area contributed by atoms with Crippen LogP contribution in [-0.2, 0) is 13.1 Å². The van der Waals surface area contributed by atoms with E-state index in [1.807, 2.05) is 12.1 Å². The molecule has 0 atom stereocenters. The van der Waals surface area contributed by atoms with Gasteiger partial charge in [-0.15, -0.1) is 12.4 Å². The molecule has 1 aromatic heterocycles. The highest BCUT2D eigenvalue weighted by Crippen LogP contribution is 2.03. The number of pyridine rings is 1. The molecule has 1 N–H and O–H groups in total. The Morgan fingerprint density at radius 3 is 2.00 bits per heavy atom. The summed E-state index contributed by atoms with van der Waals surface area (Å²) in [7, 11) is 0. The van der Waals surface area contributed by atoms with Crippen molar-refractivity contribution in [3.05, 3.63) is 65.7 Å². The minimum Gasteiger partial charge on any atom is -0.309 e. The van der Waals surface area contributed by atoms with Crippen LogP contribution in [0.1, 0.15) is 11.1 Å². The lowest BCUT2D eigenvalue weighted by atomic mass is 10.2. The fourth-order valence-corrected chi connectivity index (χ4v) is 1.45. The van der Waals surface area contributed by atoms with Crippen molar-refractivity contribution in [1.29, 1.82) is 0 Å². The van der Waals surface area contributed by atoms with Crippen molar-refractivity contribution < 1.29 is 4.39 Å². The number of benzene rings is 1. The Morgan fingerprint density at radius 2 is 1.41 bits per heavy atom. The number of nitrogens with one attached hydrogen (secondary N) is 1. The van der Waals surface area contributed by atoms with Crippen molar-refractivity contribution in [2.24, 2.45) is 0 Å². The first kappa shape index (κ1) is 13.6. The van der Waals surface area contributed by atoms with Gasteiger partial charge in [0.1, 0.15) is 5.82 Å². The first-order valence-corrected chi connectivity index (χ1v) is 5.18. The third kappa shape index (κ3) is 4.51. The molecule has 2 nitrogen and oxygen atoms in total. The van der Waals surface area contributed by atoms with Crippen LogP contribution in [0.3, 0.4) is 0 Å². The molecule has 0 spiro atoms. The Bertz CT molecular complexity index is 431. The first-order chi connectivity index (χ1) is 7.84. The molecule has 0 aliphatic heterocycles. The van der Waals surface area contributed by atoms with Crippen LogP contribution in [0, 0.1) is 5.82 Å². The predicted molar refractivity (Wildman–Crippen MR) is 68.4 cm³/mol. The van der Waals surface area contributed by atoms with Crippen molar-refractivity contribution in [3.8, 4) is 0 Å². The van der Waals surface area contributed by atoms with Crippen LogP contribution in [0.25, 0.3) is 0 Å². The van der Waals surface area contributed by atoms with E-state index in [1.165, 1.54) is 17.7 Å². The van der Waals surface area contributed by atoms with Crippen molar-refractivity contribution in [2.75, 3.05) is 0 Å². The maximum atomic E-state index is 12.6. The lowest BCUT2D eigenvalue weighted by Crippen LogP contribution is -2.12. The topological polar surface area (TPSA) is 24.9 Å². The largest absolute Gasteiger partial charge is 0.309 e. The van der Waals surface area contributed by atoms with Gasteiger partial charge in [-0.3, -0.25) is 4.98 Å². The average Bonchev–Trinajstić information content (AvgIpc) is 2.33. The SMILES string of the molecule is Cl.Fc1ccc(CNCc2ccncc2)cc1. The number of hydrogen-bond donors (Lipinski definition) is 1. The minimum absolute atomic E-state index is 0. The predicted octanol–water partition coefficient (Wildman–Crippen LogP) is 2.93. The third-order valence-electron chi connectivity index (χ3n) is 2.32. The van der Waals surface area contributed by atoms with Crippen LogP contribution in [0.4, 0.5) is 4.39 Å². The van der Waals surface area contributed by atoms with Crippen LogP contribution < -0.4 is 5.32 Å². The second-order valence-corrected chi connectivity index (χ2v) is 3.59. The number of aromatic nitrogens is 1. The molecule has 17 heavy (non-hydrogen) atoms. The lowest BCUT2D eigenvalue weighted by molar-refractivity contribution is 0.625. The normalized spacial score (nSPS) is 9.71. The van der Waals surface area contributed by atoms with Crippen LogP contribution in [0.5, 0.6) is 0 Å². The molecular weight excluding hydrogens is 239 g/mol. The van der Waals surface area contributed by atoms with Gasteiger partial charge >= 0.3 is 0 Å². The highest BCUT2D eigenvalue weighted by Gasteiger charge is 1.94. The van der Waals surface area contributed by atoms with E-state index < -0.39 is 0 Å². The molecule has 0 aliphatic carbocycles. The van der Waals surface area contributed by atoms with E-state index in [-0.39, 0.29) is 18.2 Å². The monoisotopic (exact) mass is 252 g/mol. The van der Waals surface area contributed by atoms with Gasteiger partial charge in [0.05, 0.1) is 0 Å². The Hall–Kier alpha value is -1.45. The van der Waals surface area contributed by atoms with Crippen LogP contribution in [0.2, 0.25) is 0 Å². The molecule has 0 fully saturated rings. The van der Waals surface area contributed by atoms with Crippen molar-refractivity contribution in [1.82, 2.24) is 10.3 Å². The Morgan fingerprint density at radius 1 is 0.882 bits per heavy atom. The molecule has 0 bridgehead atoms. The van der Waals surface area contributed by atoms with Gasteiger partial charge in [-0.25, -0.2) is 4.39 Å². The highest BCUT2D eigenvalue weighted by molar-refractivity contribution is 5.85. The smallest absolute Gasteiger partial charge is 0.123 e. The van der Waals surface area contributed by atoms with Crippen LogP contribution in [0.15, 0.2) is 48.8 Å². The van der Waals surface area contributed by atoms with Gasteiger partial charge < -0.3 is 5.32 Å². The summed E-state index contributed by atoms with van der Waals surface area (Å²) in [4.78, 5) is 3.95. The zero-order valence-corrected chi connectivity index (χ0v) is 10.1. The number of hydrogen-bond acceptors (Lipinski definition) is 2. The summed E-state index contributed by atoms with van der Waals surface area (Å²) in [5, 5.41) is 3.29. The van der Waals surface area contributed by atoms with Gasteiger partial charge in [0.2, 0.25) is 0 Å². The molecule has 1 aromatic carbocycles. The lowest BCUT2D eigenvalue weighted by Gasteiger charge is -2.04. The second-order valence-electron chi connectivity index (χ2n) is 3.59. The van der Waals surface area contributed by atoms with Crippen molar-refractivity contribution >= 4 is 12.4 Å². The summed E-state index contributed by atoms with van der Waals surface area (Å²) in [5.41, 5.74) is 2.27. The molecule has 0 saturated heterocycles. The Labute approximate surface area is 106 Å². The Balaban J connectivity index is 0.00000144. The molecule has 4 heteroatoms. The molecule has 0 radical (unpaired) electrons. The average molecular weight is 253 g/mol. The van der Waals surface area contributed by atoms with Gasteiger partial charge in [0, 0.05) is 25.5 Å². The molecule has 0 aliphatic rings. The Kier molecular flexibility index (Phi) is 5.60. The van der Waals surface area contributed by atoms with Gasteiger partial charge in [-0.2, -0.15) is 0 Å². The van der Waals surface area contributed by atoms with E-state index in [4.69, 9.17) is 0 Å². The fourth-order valence-electron chi connectivity index (χ4n) is 1.45. The summed E-state index contributed by atoms with van der Waals surface area (Å²) in [6, 6.07) is 10.5. The zero-order valence-electron chi connectivity index (χ0n) is 9.27. The fraction of sp³-hybridized carbons (Fsp3) is 0.154. The van der Waals surface area contributed by atoms with Crippen molar-refractivity contribution in [2.45, 2.75) is 13.1 Å². The molecule has 0 amide bonds. The van der Waals surface area contributed by atoms with E-state index in [0.717, 1.165) is 18.7 Å². The molecule has 2 aromatic rings. The summed E-state index contributed by atoms with van der Waals surface area (Å²) in [6.45, 7) is 1.53. The van der Waals surface area contributed by atoms with E-state index in [9.17, 15) is 4.39 Å². The summed E-state index contributed by atoms with van der Waals surface area (Å²) < 4.78 is 12.6. The van der Waals surface area contributed by atoms with Crippen LogP contribution >= 0.6 is 12.4 Å².